The van der Waals surface area contributed by atoms with Gasteiger partial charge in [-0.2, -0.15) is 4.39 Å². The lowest BCUT2D eigenvalue weighted by Gasteiger charge is -2.29. The summed E-state index contributed by atoms with van der Waals surface area (Å²) in [7, 11) is 0. The number of rotatable bonds is 13. The third-order valence-electron chi connectivity index (χ3n) is 7.50. The van der Waals surface area contributed by atoms with Crippen molar-refractivity contribution < 1.29 is 22.3 Å². The second-order valence-corrected chi connectivity index (χ2v) is 9.98. The Hall–Kier alpha value is -2.04. The molecule has 5 heteroatoms. The first-order valence-electron chi connectivity index (χ1n) is 13.6. The SMILES string of the molecule is CCCCCCCCCCC1CCC(c2ccc(-c3ccc(OCC)c(F)c3F)c(F)c2F)CC1. The van der Waals surface area contributed by atoms with Crippen LogP contribution in [0.25, 0.3) is 11.1 Å². The number of unbranched alkanes of at least 4 members (excludes halogenated alkanes) is 7. The van der Waals surface area contributed by atoms with E-state index in [0.29, 0.717) is 11.5 Å². The Morgan fingerprint density at radius 3 is 1.86 bits per heavy atom. The van der Waals surface area contributed by atoms with Crippen molar-refractivity contribution in [3.05, 3.63) is 53.1 Å². The summed E-state index contributed by atoms with van der Waals surface area (Å²) in [6, 6.07) is 5.40. The van der Waals surface area contributed by atoms with E-state index in [1.54, 1.807) is 13.0 Å². The minimum Gasteiger partial charge on any atom is -0.491 e. The molecule has 0 saturated heterocycles. The molecule has 194 valence electrons. The van der Waals surface area contributed by atoms with E-state index in [1.165, 1.54) is 76.0 Å². The van der Waals surface area contributed by atoms with Gasteiger partial charge >= 0.3 is 0 Å². The number of benzene rings is 2. The average molecular weight is 493 g/mol. The molecule has 0 radical (unpaired) electrons. The van der Waals surface area contributed by atoms with Crippen molar-refractivity contribution in [3.63, 3.8) is 0 Å². The van der Waals surface area contributed by atoms with Gasteiger partial charge in [0, 0.05) is 11.1 Å². The molecule has 1 nitrogen and oxygen atoms in total. The molecule has 3 rings (SSSR count). The molecule has 35 heavy (non-hydrogen) atoms. The van der Waals surface area contributed by atoms with Crippen molar-refractivity contribution in [2.75, 3.05) is 6.61 Å². The zero-order valence-corrected chi connectivity index (χ0v) is 21.3. The minimum absolute atomic E-state index is 0.0321. The summed E-state index contributed by atoms with van der Waals surface area (Å²) in [5.74, 6) is -4.09. The van der Waals surface area contributed by atoms with Gasteiger partial charge in [-0.25, -0.2) is 13.2 Å². The molecule has 1 saturated carbocycles. The van der Waals surface area contributed by atoms with Crippen LogP contribution in [0.1, 0.15) is 109 Å². The summed E-state index contributed by atoms with van der Waals surface area (Å²) in [5.41, 5.74) is -0.222. The van der Waals surface area contributed by atoms with Gasteiger partial charge in [-0.05, 0) is 62.1 Å². The fraction of sp³-hybridized carbons (Fsp3) is 0.600. The van der Waals surface area contributed by atoms with E-state index in [0.717, 1.165) is 25.7 Å². The van der Waals surface area contributed by atoms with Crippen molar-refractivity contribution >= 4 is 0 Å². The van der Waals surface area contributed by atoms with Crippen LogP contribution in [-0.4, -0.2) is 6.61 Å². The summed E-state index contributed by atoms with van der Waals surface area (Å²) in [6.07, 6.45) is 15.5. The summed E-state index contributed by atoms with van der Waals surface area (Å²) in [4.78, 5) is 0. The van der Waals surface area contributed by atoms with Crippen LogP contribution in [0.4, 0.5) is 17.6 Å². The fourth-order valence-corrected chi connectivity index (χ4v) is 5.42. The maximum atomic E-state index is 15.0. The van der Waals surface area contributed by atoms with Gasteiger partial charge in [0.25, 0.3) is 0 Å². The first kappa shape index (κ1) is 27.5. The third-order valence-corrected chi connectivity index (χ3v) is 7.50. The second-order valence-electron chi connectivity index (χ2n) is 9.98. The summed E-state index contributed by atoms with van der Waals surface area (Å²) in [5, 5.41) is 0. The monoisotopic (exact) mass is 492 g/mol. The van der Waals surface area contributed by atoms with Crippen molar-refractivity contribution in [1.82, 2.24) is 0 Å². The van der Waals surface area contributed by atoms with Gasteiger partial charge in [0.05, 0.1) is 6.61 Å². The number of halogens is 4. The quantitative estimate of drug-likeness (QED) is 0.200. The first-order chi connectivity index (χ1) is 17.0. The highest BCUT2D eigenvalue weighted by atomic mass is 19.2. The van der Waals surface area contributed by atoms with Crippen LogP contribution in [0.15, 0.2) is 24.3 Å². The van der Waals surface area contributed by atoms with Crippen LogP contribution in [0.3, 0.4) is 0 Å². The molecule has 0 aromatic heterocycles. The smallest absolute Gasteiger partial charge is 0.201 e. The van der Waals surface area contributed by atoms with Gasteiger partial charge in [-0.1, -0.05) is 76.8 Å². The molecule has 0 unspecified atom stereocenters. The van der Waals surface area contributed by atoms with Gasteiger partial charge in [0.15, 0.2) is 23.2 Å². The Labute approximate surface area is 208 Å². The Bertz CT molecular complexity index is 934. The van der Waals surface area contributed by atoms with Crippen LogP contribution in [-0.2, 0) is 0 Å². The van der Waals surface area contributed by atoms with Crippen molar-refractivity contribution in [2.45, 2.75) is 103 Å². The summed E-state index contributed by atoms with van der Waals surface area (Å²) < 4.78 is 63.9. The van der Waals surface area contributed by atoms with Crippen LogP contribution < -0.4 is 4.74 Å². The second kappa shape index (κ2) is 13.9. The lowest BCUT2D eigenvalue weighted by molar-refractivity contribution is 0.297. The average Bonchev–Trinajstić information content (AvgIpc) is 2.86. The van der Waals surface area contributed by atoms with Crippen LogP contribution in [0.2, 0.25) is 0 Å². The molecule has 1 fully saturated rings. The molecule has 2 aromatic carbocycles. The van der Waals surface area contributed by atoms with Gasteiger partial charge in [-0.3, -0.25) is 0 Å². The van der Waals surface area contributed by atoms with E-state index in [-0.39, 0.29) is 29.4 Å². The van der Waals surface area contributed by atoms with Crippen LogP contribution >= 0.6 is 0 Å². The molecule has 0 atom stereocenters. The maximum Gasteiger partial charge on any atom is 0.201 e. The topological polar surface area (TPSA) is 9.23 Å². The van der Waals surface area contributed by atoms with Gasteiger partial charge < -0.3 is 4.74 Å². The normalized spacial score (nSPS) is 18.1. The molecular formula is C30H40F4O. The van der Waals surface area contributed by atoms with Crippen molar-refractivity contribution in [3.8, 4) is 16.9 Å². The third kappa shape index (κ3) is 7.24. The van der Waals surface area contributed by atoms with Gasteiger partial charge in [0.2, 0.25) is 5.82 Å². The Morgan fingerprint density at radius 1 is 0.657 bits per heavy atom. The molecule has 0 amide bonds. The van der Waals surface area contributed by atoms with E-state index < -0.39 is 23.3 Å². The molecule has 0 spiro atoms. The zero-order valence-electron chi connectivity index (χ0n) is 21.3. The van der Waals surface area contributed by atoms with Gasteiger partial charge in [-0.15, -0.1) is 0 Å². The maximum absolute atomic E-state index is 15.0. The molecule has 1 aliphatic carbocycles. The largest absolute Gasteiger partial charge is 0.491 e. The first-order valence-corrected chi connectivity index (χ1v) is 13.6. The van der Waals surface area contributed by atoms with E-state index in [2.05, 4.69) is 6.92 Å². The highest BCUT2D eigenvalue weighted by Gasteiger charge is 2.27. The predicted octanol–water partition coefficient (Wildman–Crippen LogP) is 10.1. The lowest BCUT2D eigenvalue weighted by Crippen LogP contribution is -2.15. The molecule has 2 aromatic rings. The molecule has 1 aliphatic rings. The Morgan fingerprint density at radius 2 is 1.23 bits per heavy atom. The van der Waals surface area contributed by atoms with Crippen LogP contribution in [0.5, 0.6) is 5.75 Å². The molecule has 0 N–H and O–H groups in total. The molecular weight excluding hydrogens is 452 g/mol. The van der Waals surface area contributed by atoms with Crippen molar-refractivity contribution in [2.24, 2.45) is 5.92 Å². The standard InChI is InChI=1S/C30H40F4O/c1-3-5-6-7-8-9-10-11-12-21-13-15-22(16-14-21)23-17-18-24(28(32)27(23)31)25-19-20-26(35-4-2)30(34)29(25)33/h17-22H,3-16H2,1-2H3. The highest BCUT2D eigenvalue weighted by molar-refractivity contribution is 5.66. The molecule has 0 bridgehead atoms. The van der Waals surface area contributed by atoms with E-state index >= 15 is 4.39 Å². The number of hydrogen-bond acceptors (Lipinski definition) is 1. The number of hydrogen-bond donors (Lipinski definition) is 0. The van der Waals surface area contributed by atoms with Crippen molar-refractivity contribution in [1.29, 1.82) is 0 Å². The predicted molar refractivity (Wildman–Crippen MR) is 135 cm³/mol. The summed E-state index contributed by atoms with van der Waals surface area (Å²) in [6.45, 7) is 4.07. The lowest BCUT2D eigenvalue weighted by atomic mass is 9.76. The van der Waals surface area contributed by atoms with Gasteiger partial charge in [0.1, 0.15) is 0 Å². The van der Waals surface area contributed by atoms with E-state index in [4.69, 9.17) is 4.74 Å². The van der Waals surface area contributed by atoms with E-state index in [1.807, 2.05) is 0 Å². The Balaban J connectivity index is 1.54. The minimum atomic E-state index is -1.23. The zero-order chi connectivity index (χ0) is 25.2. The fourth-order valence-electron chi connectivity index (χ4n) is 5.42. The Kier molecular flexibility index (Phi) is 10.9. The summed E-state index contributed by atoms with van der Waals surface area (Å²) >= 11 is 0. The molecule has 0 heterocycles. The highest BCUT2D eigenvalue weighted by Crippen LogP contribution is 2.41. The van der Waals surface area contributed by atoms with Crippen LogP contribution in [0, 0.1) is 29.2 Å². The van der Waals surface area contributed by atoms with E-state index in [9.17, 15) is 13.2 Å². The molecule has 0 aliphatic heterocycles. The number of ether oxygens (including phenoxy) is 1.